The van der Waals surface area contributed by atoms with Crippen LogP contribution in [0.2, 0.25) is 0 Å². The highest BCUT2D eigenvalue weighted by molar-refractivity contribution is 5.44. The Balaban J connectivity index is 2.09. The van der Waals surface area contributed by atoms with E-state index in [2.05, 4.69) is 9.88 Å². The van der Waals surface area contributed by atoms with E-state index in [1.165, 1.54) is 5.56 Å². The second-order valence-corrected chi connectivity index (χ2v) is 4.07. The molecule has 0 aliphatic heterocycles. The molecule has 0 aliphatic rings. The van der Waals surface area contributed by atoms with E-state index in [1.54, 1.807) is 6.26 Å². The summed E-state index contributed by atoms with van der Waals surface area (Å²) in [7, 11) is 2.03. The maximum atomic E-state index is 5.52. The van der Waals surface area contributed by atoms with Gasteiger partial charge in [-0.3, -0.25) is 4.98 Å². The van der Waals surface area contributed by atoms with Gasteiger partial charge in [0.1, 0.15) is 5.76 Å². The summed E-state index contributed by atoms with van der Waals surface area (Å²) < 4.78 is 5.28. The average Bonchev–Trinajstić information content (AvgIpc) is 2.75. The van der Waals surface area contributed by atoms with Crippen molar-refractivity contribution in [3.05, 3.63) is 47.7 Å². The fourth-order valence-corrected chi connectivity index (χ4v) is 1.69. The molecule has 90 valence electrons. The highest BCUT2D eigenvalue weighted by Gasteiger charge is 2.06. The van der Waals surface area contributed by atoms with Gasteiger partial charge in [0.05, 0.1) is 23.8 Å². The van der Waals surface area contributed by atoms with Crippen molar-refractivity contribution in [1.82, 2.24) is 4.98 Å². The topological polar surface area (TPSA) is 55.3 Å². The third kappa shape index (κ3) is 2.65. The zero-order chi connectivity index (χ0) is 12.3. The predicted octanol–water partition coefficient (Wildman–Crippen LogP) is 2.08. The number of aryl methyl sites for hydroxylation is 1. The summed E-state index contributed by atoms with van der Waals surface area (Å²) in [5.41, 5.74) is 8.68. The molecule has 0 saturated carbocycles. The van der Waals surface area contributed by atoms with Gasteiger partial charge >= 0.3 is 0 Å². The lowest BCUT2D eigenvalue weighted by molar-refractivity contribution is 0.529. The lowest BCUT2D eigenvalue weighted by atomic mass is 10.2. The monoisotopic (exact) mass is 231 g/mol. The van der Waals surface area contributed by atoms with E-state index in [0.717, 1.165) is 23.7 Å². The average molecular weight is 231 g/mol. The van der Waals surface area contributed by atoms with Crippen molar-refractivity contribution in [3.63, 3.8) is 0 Å². The summed E-state index contributed by atoms with van der Waals surface area (Å²) in [6.07, 6.45) is 3.56. The molecule has 0 saturated heterocycles. The number of pyridine rings is 1. The molecule has 17 heavy (non-hydrogen) atoms. The van der Waals surface area contributed by atoms with Crippen molar-refractivity contribution in [1.29, 1.82) is 0 Å². The van der Waals surface area contributed by atoms with Gasteiger partial charge in [-0.05, 0) is 25.1 Å². The third-order valence-electron chi connectivity index (χ3n) is 2.83. The van der Waals surface area contributed by atoms with Gasteiger partial charge < -0.3 is 15.1 Å². The van der Waals surface area contributed by atoms with E-state index in [9.17, 15) is 0 Å². The molecule has 4 heteroatoms. The van der Waals surface area contributed by atoms with Crippen LogP contribution in [0.25, 0.3) is 0 Å². The summed E-state index contributed by atoms with van der Waals surface area (Å²) in [5, 5.41) is 0. The summed E-state index contributed by atoms with van der Waals surface area (Å²) in [6.45, 7) is 3.26. The standard InChI is InChI=1S/C13H17N3O/c1-10-11(5-6-17-10)9-16(2)13-4-3-12(7-14)15-8-13/h3-6,8H,7,9,14H2,1-2H3. The number of anilines is 1. The van der Waals surface area contributed by atoms with Crippen LogP contribution in [0.1, 0.15) is 17.0 Å². The second-order valence-electron chi connectivity index (χ2n) is 4.07. The molecule has 2 rings (SSSR count). The van der Waals surface area contributed by atoms with E-state index >= 15 is 0 Å². The zero-order valence-corrected chi connectivity index (χ0v) is 10.2. The summed E-state index contributed by atoms with van der Waals surface area (Å²) in [5.74, 6) is 0.961. The number of furan rings is 1. The molecule has 0 radical (unpaired) electrons. The first kappa shape index (κ1) is 11.7. The summed E-state index contributed by atoms with van der Waals surface area (Å²) in [6, 6.07) is 5.98. The van der Waals surface area contributed by atoms with Crippen LogP contribution in [-0.2, 0) is 13.1 Å². The fourth-order valence-electron chi connectivity index (χ4n) is 1.69. The predicted molar refractivity (Wildman–Crippen MR) is 67.7 cm³/mol. The normalized spacial score (nSPS) is 10.5. The zero-order valence-electron chi connectivity index (χ0n) is 10.2. The molecule has 0 bridgehead atoms. The molecule has 2 aromatic rings. The molecular formula is C13H17N3O. The van der Waals surface area contributed by atoms with E-state index in [4.69, 9.17) is 10.2 Å². The lowest BCUT2D eigenvalue weighted by Crippen LogP contribution is -2.17. The van der Waals surface area contributed by atoms with Gasteiger partial charge in [0.25, 0.3) is 0 Å². The number of hydrogen-bond acceptors (Lipinski definition) is 4. The third-order valence-corrected chi connectivity index (χ3v) is 2.83. The summed E-state index contributed by atoms with van der Waals surface area (Å²) in [4.78, 5) is 6.41. The van der Waals surface area contributed by atoms with Crippen molar-refractivity contribution in [2.24, 2.45) is 5.73 Å². The Hall–Kier alpha value is -1.81. The van der Waals surface area contributed by atoms with Crippen LogP contribution in [0, 0.1) is 6.92 Å². The van der Waals surface area contributed by atoms with Crippen LogP contribution in [-0.4, -0.2) is 12.0 Å². The molecule has 0 unspecified atom stereocenters. The maximum Gasteiger partial charge on any atom is 0.105 e. The van der Waals surface area contributed by atoms with E-state index < -0.39 is 0 Å². The van der Waals surface area contributed by atoms with Crippen molar-refractivity contribution >= 4 is 5.69 Å². The summed E-state index contributed by atoms with van der Waals surface area (Å²) >= 11 is 0. The van der Waals surface area contributed by atoms with Crippen LogP contribution >= 0.6 is 0 Å². The van der Waals surface area contributed by atoms with Crippen LogP contribution < -0.4 is 10.6 Å². The molecule has 2 heterocycles. The van der Waals surface area contributed by atoms with E-state index in [0.29, 0.717) is 6.54 Å². The highest BCUT2D eigenvalue weighted by atomic mass is 16.3. The number of aromatic nitrogens is 1. The van der Waals surface area contributed by atoms with Crippen LogP contribution in [0.4, 0.5) is 5.69 Å². The molecule has 2 aromatic heterocycles. The Morgan fingerprint density at radius 2 is 2.18 bits per heavy atom. The minimum absolute atomic E-state index is 0.477. The Morgan fingerprint density at radius 1 is 1.35 bits per heavy atom. The van der Waals surface area contributed by atoms with Gasteiger partial charge in [0.2, 0.25) is 0 Å². The van der Waals surface area contributed by atoms with Crippen molar-refractivity contribution < 1.29 is 4.42 Å². The maximum absolute atomic E-state index is 5.52. The number of rotatable bonds is 4. The quantitative estimate of drug-likeness (QED) is 0.875. The SMILES string of the molecule is Cc1occc1CN(C)c1ccc(CN)nc1. The Bertz CT molecular complexity index is 476. The van der Waals surface area contributed by atoms with Gasteiger partial charge in [-0.15, -0.1) is 0 Å². The highest BCUT2D eigenvalue weighted by Crippen LogP contribution is 2.17. The van der Waals surface area contributed by atoms with E-state index in [-0.39, 0.29) is 0 Å². The Labute approximate surface area is 101 Å². The molecule has 0 atom stereocenters. The first-order valence-electron chi connectivity index (χ1n) is 5.60. The molecule has 0 fully saturated rings. The van der Waals surface area contributed by atoms with Gasteiger partial charge in [-0.1, -0.05) is 0 Å². The van der Waals surface area contributed by atoms with Crippen LogP contribution in [0.3, 0.4) is 0 Å². The number of nitrogens with zero attached hydrogens (tertiary/aromatic N) is 2. The molecule has 2 N–H and O–H groups in total. The molecule has 4 nitrogen and oxygen atoms in total. The van der Waals surface area contributed by atoms with Gasteiger partial charge in [0.15, 0.2) is 0 Å². The van der Waals surface area contributed by atoms with Gasteiger partial charge in [-0.2, -0.15) is 0 Å². The Kier molecular flexibility index (Phi) is 3.44. The first-order valence-corrected chi connectivity index (χ1v) is 5.60. The number of nitrogens with two attached hydrogens (primary N) is 1. The lowest BCUT2D eigenvalue weighted by Gasteiger charge is -2.18. The van der Waals surface area contributed by atoms with Crippen molar-refractivity contribution in [2.75, 3.05) is 11.9 Å². The second kappa shape index (κ2) is 5.01. The van der Waals surface area contributed by atoms with Crippen LogP contribution in [0.5, 0.6) is 0 Å². The van der Waals surface area contributed by atoms with Crippen LogP contribution in [0.15, 0.2) is 35.1 Å². The fraction of sp³-hybridized carbons (Fsp3) is 0.308. The molecule has 0 aliphatic carbocycles. The van der Waals surface area contributed by atoms with Gasteiger partial charge in [-0.25, -0.2) is 0 Å². The van der Waals surface area contributed by atoms with Crippen molar-refractivity contribution in [3.8, 4) is 0 Å². The molecular weight excluding hydrogens is 214 g/mol. The van der Waals surface area contributed by atoms with Crippen molar-refractivity contribution in [2.45, 2.75) is 20.0 Å². The van der Waals surface area contributed by atoms with E-state index in [1.807, 2.05) is 38.4 Å². The largest absolute Gasteiger partial charge is 0.469 e. The number of hydrogen-bond donors (Lipinski definition) is 1. The Morgan fingerprint density at radius 3 is 2.71 bits per heavy atom. The smallest absolute Gasteiger partial charge is 0.105 e. The minimum atomic E-state index is 0.477. The molecule has 0 amide bonds. The first-order chi connectivity index (χ1) is 8.20. The molecule has 0 spiro atoms. The molecule has 0 aromatic carbocycles. The van der Waals surface area contributed by atoms with Gasteiger partial charge in [0, 0.05) is 25.7 Å². The minimum Gasteiger partial charge on any atom is -0.469 e.